The van der Waals surface area contributed by atoms with Crippen LogP contribution >= 0.6 is 11.6 Å². The van der Waals surface area contributed by atoms with Crippen molar-refractivity contribution in [2.45, 2.75) is 19.8 Å². The lowest BCUT2D eigenvalue weighted by Gasteiger charge is -2.08. The van der Waals surface area contributed by atoms with E-state index in [1.54, 1.807) is 25.3 Å². The summed E-state index contributed by atoms with van der Waals surface area (Å²) in [4.78, 5) is 12.4. The number of benzene rings is 2. The molecule has 2 rings (SSSR count). The standard InChI is InChI=1S/C17H17ClO2/c1-11(2)12-4-6-13(7-5-12)17(19)14-8-9-16(20-3)15(18)10-14/h4-11H,1-3H3. The number of carbonyl (C=O) groups is 1. The average molecular weight is 289 g/mol. The van der Waals surface area contributed by atoms with Crippen LogP contribution in [0, 0.1) is 0 Å². The molecule has 0 amide bonds. The number of carbonyl (C=O) groups excluding carboxylic acids is 1. The van der Waals surface area contributed by atoms with E-state index in [4.69, 9.17) is 16.3 Å². The fourth-order valence-corrected chi connectivity index (χ4v) is 2.25. The molecule has 0 radical (unpaired) electrons. The van der Waals surface area contributed by atoms with Gasteiger partial charge in [0, 0.05) is 11.1 Å². The molecule has 0 saturated carbocycles. The van der Waals surface area contributed by atoms with Crippen molar-refractivity contribution in [2.24, 2.45) is 0 Å². The van der Waals surface area contributed by atoms with Gasteiger partial charge in [0.2, 0.25) is 0 Å². The van der Waals surface area contributed by atoms with E-state index in [9.17, 15) is 4.79 Å². The maximum atomic E-state index is 12.4. The molecule has 20 heavy (non-hydrogen) atoms. The number of hydrogen-bond acceptors (Lipinski definition) is 2. The second kappa shape index (κ2) is 6.10. The Bertz CT molecular complexity index is 615. The average Bonchev–Trinajstić information content (AvgIpc) is 2.46. The Morgan fingerprint density at radius 1 is 1.05 bits per heavy atom. The van der Waals surface area contributed by atoms with E-state index in [2.05, 4.69) is 13.8 Å². The minimum atomic E-state index is -0.0372. The van der Waals surface area contributed by atoms with Gasteiger partial charge in [-0.25, -0.2) is 0 Å². The summed E-state index contributed by atoms with van der Waals surface area (Å²) < 4.78 is 5.08. The molecule has 0 aliphatic carbocycles. The highest BCUT2D eigenvalue weighted by molar-refractivity contribution is 6.32. The lowest BCUT2D eigenvalue weighted by atomic mass is 9.98. The van der Waals surface area contributed by atoms with Gasteiger partial charge >= 0.3 is 0 Å². The summed E-state index contributed by atoms with van der Waals surface area (Å²) in [5.74, 6) is 0.984. The van der Waals surface area contributed by atoms with Crippen molar-refractivity contribution >= 4 is 17.4 Å². The molecule has 0 N–H and O–H groups in total. The summed E-state index contributed by atoms with van der Waals surface area (Å²) in [5.41, 5.74) is 2.44. The lowest BCUT2D eigenvalue weighted by Crippen LogP contribution is -2.02. The summed E-state index contributed by atoms with van der Waals surface area (Å²) in [5, 5.41) is 0.442. The molecule has 0 bridgehead atoms. The van der Waals surface area contributed by atoms with Crippen molar-refractivity contribution in [2.75, 3.05) is 7.11 Å². The minimum Gasteiger partial charge on any atom is -0.495 e. The number of methoxy groups -OCH3 is 1. The van der Waals surface area contributed by atoms with Crippen molar-refractivity contribution in [1.29, 1.82) is 0 Å². The Labute approximate surface area is 124 Å². The normalized spacial score (nSPS) is 10.7. The summed E-state index contributed by atoms with van der Waals surface area (Å²) in [7, 11) is 1.55. The van der Waals surface area contributed by atoms with E-state index in [0.717, 1.165) is 0 Å². The van der Waals surface area contributed by atoms with Crippen LogP contribution < -0.4 is 4.74 Å². The largest absolute Gasteiger partial charge is 0.495 e. The number of rotatable bonds is 4. The maximum Gasteiger partial charge on any atom is 0.193 e. The highest BCUT2D eigenvalue weighted by atomic mass is 35.5. The first-order chi connectivity index (χ1) is 9.52. The third-order valence-corrected chi connectivity index (χ3v) is 3.55. The maximum absolute atomic E-state index is 12.4. The van der Waals surface area contributed by atoms with Crippen LogP contribution in [-0.2, 0) is 0 Å². The molecule has 0 atom stereocenters. The first-order valence-corrected chi connectivity index (χ1v) is 6.89. The zero-order valence-corrected chi connectivity index (χ0v) is 12.6. The van der Waals surface area contributed by atoms with E-state index in [0.29, 0.717) is 27.8 Å². The molecular formula is C17H17ClO2. The second-order valence-corrected chi connectivity index (χ2v) is 5.36. The zero-order chi connectivity index (χ0) is 14.7. The molecule has 0 unspecified atom stereocenters. The molecular weight excluding hydrogens is 272 g/mol. The van der Waals surface area contributed by atoms with E-state index >= 15 is 0 Å². The smallest absolute Gasteiger partial charge is 0.193 e. The third kappa shape index (κ3) is 3.02. The van der Waals surface area contributed by atoms with E-state index in [-0.39, 0.29) is 5.78 Å². The van der Waals surface area contributed by atoms with Gasteiger partial charge in [-0.2, -0.15) is 0 Å². The van der Waals surface area contributed by atoms with Crippen LogP contribution in [0.1, 0.15) is 41.3 Å². The van der Waals surface area contributed by atoms with Crippen molar-refractivity contribution in [1.82, 2.24) is 0 Å². The Morgan fingerprint density at radius 3 is 2.15 bits per heavy atom. The summed E-state index contributed by atoms with van der Waals surface area (Å²) in [6.45, 7) is 4.25. The number of hydrogen-bond donors (Lipinski definition) is 0. The van der Waals surface area contributed by atoms with Crippen LogP contribution in [0.4, 0.5) is 0 Å². The molecule has 2 aromatic carbocycles. The van der Waals surface area contributed by atoms with Crippen molar-refractivity contribution < 1.29 is 9.53 Å². The van der Waals surface area contributed by atoms with Gasteiger partial charge in [0.25, 0.3) is 0 Å². The molecule has 0 fully saturated rings. The van der Waals surface area contributed by atoms with Crippen LogP contribution in [0.25, 0.3) is 0 Å². The summed E-state index contributed by atoms with van der Waals surface area (Å²) in [6.07, 6.45) is 0. The number of ether oxygens (including phenoxy) is 1. The molecule has 0 heterocycles. The topological polar surface area (TPSA) is 26.3 Å². The summed E-state index contributed by atoms with van der Waals surface area (Å²) >= 11 is 6.05. The first-order valence-electron chi connectivity index (χ1n) is 6.51. The molecule has 0 aliphatic heterocycles. The van der Waals surface area contributed by atoms with Gasteiger partial charge in [-0.1, -0.05) is 49.7 Å². The van der Waals surface area contributed by atoms with Crippen LogP contribution in [0.3, 0.4) is 0 Å². The predicted octanol–water partition coefficient (Wildman–Crippen LogP) is 4.70. The Hall–Kier alpha value is -1.80. The Kier molecular flexibility index (Phi) is 4.46. The lowest BCUT2D eigenvalue weighted by molar-refractivity contribution is 0.103. The highest BCUT2D eigenvalue weighted by Gasteiger charge is 2.12. The minimum absolute atomic E-state index is 0.0372. The van der Waals surface area contributed by atoms with Gasteiger partial charge in [-0.05, 0) is 29.7 Å². The van der Waals surface area contributed by atoms with Gasteiger partial charge in [0.15, 0.2) is 5.78 Å². The Morgan fingerprint density at radius 2 is 1.65 bits per heavy atom. The molecule has 2 aromatic rings. The predicted molar refractivity (Wildman–Crippen MR) is 82.0 cm³/mol. The van der Waals surface area contributed by atoms with Crippen LogP contribution in [0.15, 0.2) is 42.5 Å². The van der Waals surface area contributed by atoms with Gasteiger partial charge in [0.1, 0.15) is 5.75 Å². The molecule has 2 nitrogen and oxygen atoms in total. The monoisotopic (exact) mass is 288 g/mol. The molecule has 104 valence electrons. The van der Waals surface area contributed by atoms with Gasteiger partial charge in [-0.3, -0.25) is 4.79 Å². The van der Waals surface area contributed by atoms with Crippen molar-refractivity contribution in [3.8, 4) is 5.75 Å². The molecule has 0 saturated heterocycles. The number of ketones is 1. The SMILES string of the molecule is COc1ccc(C(=O)c2ccc(C(C)C)cc2)cc1Cl. The third-order valence-electron chi connectivity index (χ3n) is 3.25. The first kappa shape index (κ1) is 14.6. The van der Waals surface area contributed by atoms with Crippen molar-refractivity contribution in [3.63, 3.8) is 0 Å². The quantitative estimate of drug-likeness (QED) is 0.762. The van der Waals surface area contributed by atoms with Gasteiger partial charge in [-0.15, -0.1) is 0 Å². The highest BCUT2D eigenvalue weighted by Crippen LogP contribution is 2.26. The van der Waals surface area contributed by atoms with Gasteiger partial charge < -0.3 is 4.74 Å². The van der Waals surface area contributed by atoms with E-state index in [1.165, 1.54) is 5.56 Å². The van der Waals surface area contributed by atoms with Crippen molar-refractivity contribution in [3.05, 3.63) is 64.2 Å². The fourth-order valence-electron chi connectivity index (χ4n) is 1.99. The molecule has 0 aliphatic rings. The van der Waals surface area contributed by atoms with Gasteiger partial charge in [0.05, 0.1) is 12.1 Å². The van der Waals surface area contributed by atoms with Crippen LogP contribution in [0.5, 0.6) is 5.75 Å². The second-order valence-electron chi connectivity index (χ2n) is 4.96. The Balaban J connectivity index is 2.29. The zero-order valence-electron chi connectivity index (χ0n) is 11.8. The summed E-state index contributed by atoms with van der Waals surface area (Å²) in [6, 6.07) is 12.8. The number of halogens is 1. The molecule has 3 heteroatoms. The van der Waals surface area contributed by atoms with Crippen LogP contribution in [0.2, 0.25) is 5.02 Å². The van der Waals surface area contributed by atoms with Crippen LogP contribution in [-0.4, -0.2) is 12.9 Å². The van der Waals surface area contributed by atoms with E-state index < -0.39 is 0 Å². The molecule has 0 aromatic heterocycles. The fraction of sp³-hybridized carbons (Fsp3) is 0.235. The molecule has 0 spiro atoms. The van der Waals surface area contributed by atoms with E-state index in [1.807, 2.05) is 24.3 Å².